The Morgan fingerprint density at radius 3 is 2.03 bits per heavy atom. The van der Waals surface area contributed by atoms with Gasteiger partial charge in [-0.2, -0.15) is 0 Å². The Kier molecular flexibility index (Phi) is 7.53. The number of amides is 1. The largest absolute Gasteiger partial charge is 0.497 e. The fraction of sp³-hybridized carbons (Fsp3) is 0.138. The molecule has 6 nitrogen and oxygen atoms in total. The Morgan fingerprint density at radius 2 is 1.34 bits per heavy atom. The van der Waals surface area contributed by atoms with E-state index >= 15 is 0 Å². The number of rotatable bonds is 9. The number of benzene rings is 4. The zero-order valence-corrected chi connectivity index (χ0v) is 19.9. The number of methoxy groups -OCH3 is 3. The van der Waals surface area contributed by atoms with E-state index in [-0.39, 0.29) is 12.5 Å². The van der Waals surface area contributed by atoms with Crippen LogP contribution >= 0.6 is 0 Å². The highest BCUT2D eigenvalue weighted by molar-refractivity contribution is 6.05. The number of ether oxygens (including phenoxy) is 4. The van der Waals surface area contributed by atoms with Crippen LogP contribution in [0, 0.1) is 0 Å². The number of carbonyl (C=O) groups excluding carboxylic acids is 1. The Balaban J connectivity index is 1.48. The third-order valence-electron chi connectivity index (χ3n) is 5.55. The Hall–Kier alpha value is -4.45. The number of hydrogen-bond acceptors (Lipinski definition) is 5. The molecule has 0 aliphatic carbocycles. The van der Waals surface area contributed by atoms with Crippen molar-refractivity contribution in [3.05, 3.63) is 102 Å². The summed E-state index contributed by atoms with van der Waals surface area (Å²) < 4.78 is 22.1. The molecule has 1 N–H and O–H groups in total. The number of anilines is 1. The highest BCUT2D eigenvalue weighted by Crippen LogP contribution is 2.30. The van der Waals surface area contributed by atoms with Gasteiger partial charge in [0.1, 0.15) is 29.6 Å². The lowest BCUT2D eigenvalue weighted by atomic mass is 10.1. The van der Waals surface area contributed by atoms with Crippen LogP contribution in [-0.2, 0) is 6.61 Å². The van der Waals surface area contributed by atoms with E-state index in [0.717, 1.165) is 22.4 Å². The van der Waals surface area contributed by atoms with Crippen LogP contribution in [0.4, 0.5) is 5.69 Å². The second kappa shape index (κ2) is 11.1. The lowest BCUT2D eigenvalue weighted by Crippen LogP contribution is -2.13. The van der Waals surface area contributed by atoms with Crippen molar-refractivity contribution in [2.24, 2.45) is 0 Å². The van der Waals surface area contributed by atoms with E-state index < -0.39 is 0 Å². The molecule has 178 valence electrons. The molecule has 0 aliphatic rings. The quantitative estimate of drug-likeness (QED) is 0.316. The monoisotopic (exact) mass is 469 g/mol. The molecule has 4 aromatic rings. The second-order valence-electron chi connectivity index (χ2n) is 7.73. The van der Waals surface area contributed by atoms with E-state index in [2.05, 4.69) is 17.4 Å². The highest BCUT2D eigenvalue weighted by atomic mass is 16.5. The molecule has 4 rings (SSSR count). The fourth-order valence-electron chi connectivity index (χ4n) is 3.67. The maximum Gasteiger partial charge on any atom is 0.255 e. The van der Waals surface area contributed by atoms with Crippen LogP contribution in [0.1, 0.15) is 15.9 Å². The first-order valence-electron chi connectivity index (χ1n) is 11.1. The molecule has 0 spiro atoms. The average Bonchev–Trinajstić information content (AvgIpc) is 2.92. The molecular weight excluding hydrogens is 442 g/mol. The highest BCUT2D eigenvalue weighted by Gasteiger charge is 2.14. The molecule has 0 atom stereocenters. The van der Waals surface area contributed by atoms with Gasteiger partial charge in [0, 0.05) is 17.2 Å². The van der Waals surface area contributed by atoms with E-state index in [1.807, 2.05) is 42.5 Å². The van der Waals surface area contributed by atoms with Crippen molar-refractivity contribution in [2.45, 2.75) is 6.61 Å². The minimum absolute atomic E-state index is 0.247. The maximum atomic E-state index is 13.0. The van der Waals surface area contributed by atoms with Crippen molar-refractivity contribution >= 4 is 11.6 Å². The van der Waals surface area contributed by atoms with Gasteiger partial charge in [-0.15, -0.1) is 0 Å². The van der Waals surface area contributed by atoms with Crippen molar-refractivity contribution in [1.29, 1.82) is 0 Å². The third-order valence-corrected chi connectivity index (χ3v) is 5.55. The summed E-state index contributed by atoms with van der Waals surface area (Å²) >= 11 is 0. The zero-order chi connectivity index (χ0) is 24.6. The molecule has 0 aromatic heterocycles. The molecular formula is C29H27NO5. The fourth-order valence-corrected chi connectivity index (χ4v) is 3.67. The first-order chi connectivity index (χ1) is 17.1. The van der Waals surface area contributed by atoms with Crippen LogP contribution in [0.5, 0.6) is 23.0 Å². The van der Waals surface area contributed by atoms with Gasteiger partial charge in [-0.3, -0.25) is 4.79 Å². The molecule has 0 radical (unpaired) electrons. The molecule has 1 amide bonds. The number of carbonyl (C=O) groups is 1. The number of nitrogens with one attached hydrogen (secondary N) is 1. The van der Waals surface area contributed by atoms with Crippen molar-refractivity contribution in [3.63, 3.8) is 0 Å². The Morgan fingerprint density at radius 1 is 0.686 bits per heavy atom. The van der Waals surface area contributed by atoms with Gasteiger partial charge in [-0.25, -0.2) is 0 Å². The summed E-state index contributed by atoms with van der Waals surface area (Å²) in [5.41, 5.74) is 4.00. The molecule has 0 bridgehead atoms. The third kappa shape index (κ3) is 5.73. The van der Waals surface area contributed by atoms with Crippen molar-refractivity contribution < 1.29 is 23.7 Å². The molecule has 0 fully saturated rings. The molecule has 0 saturated heterocycles. The summed E-state index contributed by atoms with van der Waals surface area (Å²) in [7, 11) is 4.71. The van der Waals surface area contributed by atoms with Crippen LogP contribution < -0.4 is 24.3 Å². The van der Waals surface area contributed by atoms with Crippen LogP contribution in [-0.4, -0.2) is 27.2 Å². The normalized spacial score (nSPS) is 10.4. The van der Waals surface area contributed by atoms with Gasteiger partial charge < -0.3 is 24.3 Å². The lowest BCUT2D eigenvalue weighted by Gasteiger charge is -2.14. The van der Waals surface area contributed by atoms with E-state index in [9.17, 15) is 4.79 Å². The van der Waals surface area contributed by atoms with Crippen LogP contribution in [0.3, 0.4) is 0 Å². The van der Waals surface area contributed by atoms with Crippen molar-refractivity contribution in [1.82, 2.24) is 0 Å². The minimum Gasteiger partial charge on any atom is -0.497 e. The van der Waals surface area contributed by atoms with Crippen molar-refractivity contribution in [2.75, 3.05) is 26.6 Å². The van der Waals surface area contributed by atoms with E-state index in [4.69, 9.17) is 18.9 Å². The maximum absolute atomic E-state index is 13.0. The minimum atomic E-state index is -0.285. The predicted molar refractivity (Wildman–Crippen MR) is 137 cm³/mol. The molecule has 0 aliphatic heterocycles. The van der Waals surface area contributed by atoms with E-state index in [1.165, 1.54) is 0 Å². The second-order valence-corrected chi connectivity index (χ2v) is 7.73. The number of hydrogen-bond donors (Lipinski definition) is 1. The molecule has 35 heavy (non-hydrogen) atoms. The molecule has 0 saturated carbocycles. The molecule has 0 heterocycles. The summed E-state index contributed by atoms with van der Waals surface area (Å²) in [6, 6.07) is 28.5. The predicted octanol–water partition coefficient (Wildman–Crippen LogP) is 6.21. The van der Waals surface area contributed by atoms with Gasteiger partial charge in [0.2, 0.25) is 0 Å². The van der Waals surface area contributed by atoms with Gasteiger partial charge >= 0.3 is 0 Å². The Labute approximate surface area is 205 Å². The molecule has 0 unspecified atom stereocenters. The van der Waals surface area contributed by atoms with Gasteiger partial charge in [-0.1, -0.05) is 42.5 Å². The van der Waals surface area contributed by atoms with E-state index in [1.54, 1.807) is 57.7 Å². The standard InChI is InChI=1S/C29H27NO5/c1-32-25-14-16-28(34-3)26(18-25)30-29(31)22-11-15-27(33-2)23(17-22)19-35-24-12-9-21(10-13-24)20-7-5-4-6-8-20/h4-18H,19H2,1-3H3,(H,30,31). The topological polar surface area (TPSA) is 66.0 Å². The van der Waals surface area contributed by atoms with Gasteiger partial charge in [0.15, 0.2) is 0 Å². The van der Waals surface area contributed by atoms with Gasteiger partial charge in [0.25, 0.3) is 5.91 Å². The molecule has 6 heteroatoms. The van der Waals surface area contributed by atoms with E-state index in [0.29, 0.717) is 28.5 Å². The lowest BCUT2D eigenvalue weighted by molar-refractivity contribution is 0.102. The Bertz CT molecular complexity index is 1290. The average molecular weight is 470 g/mol. The van der Waals surface area contributed by atoms with Crippen LogP contribution in [0.2, 0.25) is 0 Å². The van der Waals surface area contributed by atoms with Crippen LogP contribution in [0.15, 0.2) is 91.0 Å². The summed E-state index contributed by atoms with van der Waals surface area (Å²) in [6.45, 7) is 0.247. The van der Waals surface area contributed by atoms with Gasteiger partial charge in [0.05, 0.1) is 27.0 Å². The first-order valence-corrected chi connectivity index (χ1v) is 11.1. The smallest absolute Gasteiger partial charge is 0.255 e. The van der Waals surface area contributed by atoms with Crippen molar-refractivity contribution in [3.8, 4) is 34.1 Å². The summed E-state index contributed by atoms with van der Waals surface area (Å²) in [4.78, 5) is 13.0. The molecule has 4 aromatic carbocycles. The SMILES string of the molecule is COc1ccc(OC)c(NC(=O)c2ccc(OC)c(COc3ccc(-c4ccccc4)cc3)c2)c1. The summed E-state index contributed by atoms with van der Waals surface area (Å²) in [6.07, 6.45) is 0. The van der Waals surface area contributed by atoms with Gasteiger partial charge in [-0.05, 0) is 53.6 Å². The summed E-state index contributed by atoms with van der Waals surface area (Å²) in [5.74, 6) is 2.23. The zero-order valence-electron chi connectivity index (χ0n) is 19.9. The first kappa shape index (κ1) is 23.7. The summed E-state index contributed by atoms with van der Waals surface area (Å²) in [5, 5.41) is 2.89. The van der Waals surface area contributed by atoms with Crippen LogP contribution in [0.25, 0.3) is 11.1 Å².